The summed E-state index contributed by atoms with van der Waals surface area (Å²) in [6.07, 6.45) is 3.07. The molecule has 0 atom stereocenters. The first-order valence-corrected chi connectivity index (χ1v) is 8.64. The molecule has 0 saturated heterocycles. The van der Waals surface area contributed by atoms with Gasteiger partial charge in [0.15, 0.2) is 11.5 Å². The van der Waals surface area contributed by atoms with Gasteiger partial charge in [-0.1, -0.05) is 34.1 Å². The molecule has 0 heterocycles. The van der Waals surface area contributed by atoms with Crippen molar-refractivity contribution in [3.63, 3.8) is 0 Å². The molecule has 2 aromatic carbocycles. The molecule has 0 aliphatic carbocycles. The second kappa shape index (κ2) is 9.13. The van der Waals surface area contributed by atoms with E-state index in [-0.39, 0.29) is 5.97 Å². The van der Waals surface area contributed by atoms with Crippen LogP contribution in [-0.4, -0.2) is 19.7 Å². The second-order valence-electron chi connectivity index (χ2n) is 4.88. The van der Waals surface area contributed by atoms with Crippen LogP contribution in [-0.2, 0) is 14.9 Å². The highest BCUT2D eigenvalue weighted by atomic mass is 79.9. The number of carbonyl (C=O) groups is 1. The second-order valence-corrected chi connectivity index (χ2v) is 5.44. The van der Waals surface area contributed by atoms with Crippen molar-refractivity contribution >= 4 is 28.0 Å². The van der Waals surface area contributed by atoms with Crippen molar-refractivity contribution in [2.75, 3.05) is 13.7 Å². The molecule has 0 aromatic heterocycles. The van der Waals surface area contributed by atoms with Gasteiger partial charge in [0.1, 0.15) is 5.75 Å². The lowest BCUT2D eigenvalue weighted by Gasteiger charge is -2.11. The van der Waals surface area contributed by atoms with E-state index < -0.39 is 0 Å². The first-order chi connectivity index (χ1) is 11.7. The number of methoxy groups -OCH3 is 1. The molecule has 0 fully saturated rings. The Bertz CT molecular complexity index is 708. The van der Waals surface area contributed by atoms with Crippen LogP contribution in [0.2, 0.25) is 0 Å². The number of hydrogen-bond donors (Lipinski definition) is 0. The van der Waals surface area contributed by atoms with Crippen molar-refractivity contribution in [1.29, 1.82) is 0 Å². The van der Waals surface area contributed by atoms with Crippen LogP contribution in [0.5, 0.6) is 17.2 Å². The summed E-state index contributed by atoms with van der Waals surface area (Å²) in [5.74, 6) is 1.54. The Hall–Kier alpha value is -2.27. The summed E-state index contributed by atoms with van der Waals surface area (Å²) in [7, 11) is 1.59. The lowest BCUT2D eigenvalue weighted by molar-refractivity contribution is -0.137. The van der Waals surface area contributed by atoms with Crippen molar-refractivity contribution in [2.24, 2.45) is 0 Å². The number of alkyl halides is 1. The highest BCUT2D eigenvalue weighted by Crippen LogP contribution is 2.33. The van der Waals surface area contributed by atoms with Crippen molar-refractivity contribution in [2.45, 2.75) is 12.3 Å². The Labute approximate surface area is 150 Å². The minimum Gasteiger partial charge on any atom is -0.493 e. The fraction of sp³-hybridized carbons (Fsp3) is 0.211. The van der Waals surface area contributed by atoms with Crippen LogP contribution in [0, 0.1) is 0 Å². The van der Waals surface area contributed by atoms with E-state index in [1.165, 1.54) is 11.6 Å². The molecule has 5 heteroatoms. The third-order valence-electron chi connectivity index (χ3n) is 3.19. The quantitative estimate of drug-likeness (QED) is 0.380. The molecule has 0 amide bonds. The Morgan fingerprint density at radius 2 is 1.88 bits per heavy atom. The van der Waals surface area contributed by atoms with E-state index in [4.69, 9.17) is 14.2 Å². The summed E-state index contributed by atoms with van der Waals surface area (Å²) in [6.45, 7) is 2.12. The van der Waals surface area contributed by atoms with Crippen LogP contribution in [0.4, 0.5) is 0 Å². The predicted molar refractivity (Wildman–Crippen MR) is 97.8 cm³/mol. The van der Waals surface area contributed by atoms with E-state index in [0.29, 0.717) is 23.9 Å². The maximum Gasteiger partial charge on any atom is 0.330 e. The Kier molecular flexibility index (Phi) is 6.88. The van der Waals surface area contributed by atoms with Crippen LogP contribution < -0.4 is 9.47 Å². The van der Waals surface area contributed by atoms with Gasteiger partial charge in [-0.3, -0.25) is 0 Å². The molecular formula is C19H19BrO4. The van der Waals surface area contributed by atoms with Crippen molar-refractivity contribution < 1.29 is 19.0 Å². The zero-order valence-electron chi connectivity index (χ0n) is 13.6. The maximum atomic E-state index is 11.4. The number of rotatable bonds is 7. The lowest BCUT2D eigenvalue weighted by atomic mass is 10.2. The molecule has 0 bridgehead atoms. The number of esters is 1. The molecule has 0 spiro atoms. The largest absolute Gasteiger partial charge is 0.493 e. The summed E-state index contributed by atoms with van der Waals surface area (Å²) in [5, 5.41) is 0.796. The average molecular weight is 391 g/mol. The van der Waals surface area contributed by atoms with Gasteiger partial charge in [-0.2, -0.15) is 0 Å². The van der Waals surface area contributed by atoms with Gasteiger partial charge >= 0.3 is 5.97 Å². The van der Waals surface area contributed by atoms with Crippen LogP contribution in [0.3, 0.4) is 0 Å². The SMILES string of the molecule is CCOC(=O)/C=C/c1ccc(OC)c(Oc2ccc(CBr)cc2)c1. The molecule has 0 radical (unpaired) electrons. The molecule has 126 valence electrons. The van der Waals surface area contributed by atoms with E-state index in [0.717, 1.165) is 10.9 Å². The number of carbonyl (C=O) groups excluding carboxylic acids is 1. The molecule has 0 aliphatic rings. The topological polar surface area (TPSA) is 44.8 Å². The zero-order chi connectivity index (χ0) is 17.4. The molecule has 4 nitrogen and oxygen atoms in total. The third kappa shape index (κ3) is 5.13. The molecule has 0 unspecified atom stereocenters. The van der Waals surface area contributed by atoms with E-state index in [2.05, 4.69) is 15.9 Å². The summed E-state index contributed by atoms with van der Waals surface area (Å²) >= 11 is 3.41. The zero-order valence-corrected chi connectivity index (χ0v) is 15.2. The predicted octanol–water partition coefficient (Wildman–Crippen LogP) is 4.96. The van der Waals surface area contributed by atoms with Crippen molar-refractivity contribution in [3.05, 3.63) is 59.7 Å². The van der Waals surface area contributed by atoms with E-state index >= 15 is 0 Å². The van der Waals surface area contributed by atoms with E-state index in [1.54, 1.807) is 26.2 Å². The first kappa shape index (κ1) is 18.1. The Morgan fingerprint density at radius 1 is 1.12 bits per heavy atom. The molecule has 0 saturated carbocycles. The van der Waals surface area contributed by atoms with Gasteiger partial charge in [-0.05, 0) is 48.4 Å². The minimum absolute atomic E-state index is 0.352. The highest BCUT2D eigenvalue weighted by Gasteiger charge is 2.07. The summed E-state index contributed by atoms with van der Waals surface area (Å²) < 4.78 is 16.1. The minimum atomic E-state index is -0.374. The molecule has 2 aromatic rings. The first-order valence-electron chi connectivity index (χ1n) is 7.52. The van der Waals surface area contributed by atoms with Gasteiger partial charge < -0.3 is 14.2 Å². The molecule has 24 heavy (non-hydrogen) atoms. The Balaban J connectivity index is 2.20. The van der Waals surface area contributed by atoms with Gasteiger partial charge in [-0.25, -0.2) is 4.79 Å². The fourth-order valence-corrected chi connectivity index (χ4v) is 2.38. The summed E-state index contributed by atoms with van der Waals surface area (Å²) in [6, 6.07) is 13.2. The van der Waals surface area contributed by atoms with Crippen molar-refractivity contribution in [1.82, 2.24) is 0 Å². The number of hydrogen-bond acceptors (Lipinski definition) is 4. The number of ether oxygens (including phenoxy) is 3. The molecule has 0 N–H and O–H groups in total. The molecule has 2 rings (SSSR count). The molecular weight excluding hydrogens is 372 g/mol. The van der Waals surface area contributed by atoms with Gasteiger partial charge in [-0.15, -0.1) is 0 Å². The van der Waals surface area contributed by atoms with Crippen LogP contribution >= 0.6 is 15.9 Å². The smallest absolute Gasteiger partial charge is 0.330 e. The van der Waals surface area contributed by atoms with Crippen molar-refractivity contribution in [3.8, 4) is 17.2 Å². The van der Waals surface area contributed by atoms with Gasteiger partial charge in [0.2, 0.25) is 0 Å². The van der Waals surface area contributed by atoms with Gasteiger partial charge in [0.05, 0.1) is 13.7 Å². The summed E-state index contributed by atoms with van der Waals surface area (Å²) in [4.78, 5) is 11.4. The highest BCUT2D eigenvalue weighted by molar-refractivity contribution is 9.08. The fourth-order valence-electron chi connectivity index (χ4n) is 2.00. The van der Waals surface area contributed by atoms with Crippen LogP contribution in [0.15, 0.2) is 48.5 Å². The summed E-state index contributed by atoms with van der Waals surface area (Å²) in [5.41, 5.74) is 1.98. The monoisotopic (exact) mass is 390 g/mol. The third-order valence-corrected chi connectivity index (χ3v) is 3.84. The lowest BCUT2D eigenvalue weighted by Crippen LogP contribution is -1.98. The standard InChI is InChI=1S/C19H19BrO4/c1-3-23-19(21)11-7-14-6-10-17(22-2)18(12-14)24-16-8-4-15(13-20)5-9-16/h4-12H,3,13H2,1-2H3/b11-7+. The van der Waals surface area contributed by atoms with Crippen LogP contribution in [0.1, 0.15) is 18.1 Å². The average Bonchev–Trinajstić information content (AvgIpc) is 2.61. The number of halogens is 1. The molecule has 0 aliphatic heterocycles. The Morgan fingerprint density at radius 3 is 2.50 bits per heavy atom. The van der Waals surface area contributed by atoms with E-state index in [9.17, 15) is 4.79 Å². The van der Waals surface area contributed by atoms with Gasteiger partial charge in [0, 0.05) is 11.4 Å². The van der Waals surface area contributed by atoms with Crippen LogP contribution in [0.25, 0.3) is 6.08 Å². The maximum absolute atomic E-state index is 11.4. The van der Waals surface area contributed by atoms with Gasteiger partial charge in [0.25, 0.3) is 0 Å². The number of benzene rings is 2. The van der Waals surface area contributed by atoms with E-state index in [1.807, 2.05) is 36.4 Å². The normalized spacial score (nSPS) is 10.6.